The molecule has 1 aromatic carbocycles. The molecule has 1 unspecified atom stereocenters. The molecule has 0 fully saturated rings. The van der Waals surface area contributed by atoms with Crippen LogP contribution >= 0.6 is 11.3 Å². The summed E-state index contributed by atoms with van der Waals surface area (Å²) >= 11 is 1.60. The van der Waals surface area contributed by atoms with Crippen LogP contribution in [-0.4, -0.2) is 29.0 Å². The number of hydrogen-bond acceptors (Lipinski definition) is 6. The highest BCUT2D eigenvalue weighted by atomic mass is 32.1. The Morgan fingerprint density at radius 3 is 2.77 bits per heavy atom. The van der Waals surface area contributed by atoms with Gasteiger partial charge in [0.2, 0.25) is 5.91 Å². The van der Waals surface area contributed by atoms with Gasteiger partial charge in [-0.15, -0.1) is 11.3 Å². The number of nitrogens with zero attached hydrogens (tertiary/aromatic N) is 1. The number of aromatic amines is 1. The van der Waals surface area contributed by atoms with Crippen molar-refractivity contribution in [1.29, 1.82) is 0 Å². The predicted molar refractivity (Wildman–Crippen MR) is 119 cm³/mol. The van der Waals surface area contributed by atoms with E-state index >= 15 is 0 Å². The zero-order chi connectivity index (χ0) is 21.8. The molecular formula is C23H25N3O4S. The average molecular weight is 440 g/mol. The van der Waals surface area contributed by atoms with Crippen molar-refractivity contribution in [1.82, 2.24) is 15.3 Å². The van der Waals surface area contributed by atoms with Gasteiger partial charge in [-0.05, 0) is 36.8 Å². The zero-order valence-corrected chi connectivity index (χ0v) is 18.2. The predicted octanol–water partition coefficient (Wildman–Crippen LogP) is 3.22. The van der Waals surface area contributed by atoms with Gasteiger partial charge in [-0.25, -0.2) is 4.98 Å². The first-order valence-electron chi connectivity index (χ1n) is 10.5. The molecule has 2 N–H and O–H groups in total. The number of rotatable bonds is 7. The third kappa shape index (κ3) is 4.85. The lowest BCUT2D eigenvalue weighted by Gasteiger charge is -2.18. The average Bonchev–Trinajstić information content (AvgIpc) is 3.16. The number of fused-ring (bicyclic) bond motifs is 3. The van der Waals surface area contributed by atoms with Crippen LogP contribution in [0.2, 0.25) is 0 Å². The fraction of sp³-hybridized carbons (Fsp3) is 0.391. The molecule has 7 nitrogen and oxygen atoms in total. The minimum absolute atomic E-state index is 0.0496. The topological polar surface area (TPSA) is 101 Å². The molecule has 4 rings (SSSR count). The lowest BCUT2D eigenvalue weighted by molar-refractivity contribution is -0.141. The minimum Gasteiger partial charge on any atom is -0.469 e. The number of aryl methyl sites for hydroxylation is 3. The first-order valence-corrected chi connectivity index (χ1v) is 11.3. The van der Waals surface area contributed by atoms with Gasteiger partial charge >= 0.3 is 5.97 Å². The van der Waals surface area contributed by atoms with Crippen molar-refractivity contribution in [2.75, 3.05) is 7.11 Å². The molecule has 2 heterocycles. The first-order chi connectivity index (χ1) is 15.0. The minimum atomic E-state index is -0.473. The molecule has 0 saturated carbocycles. The third-order valence-corrected chi connectivity index (χ3v) is 6.78. The summed E-state index contributed by atoms with van der Waals surface area (Å²) in [5.41, 5.74) is 1.86. The molecule has 31 heavy (non-hydrogen) atoms. The fourth-order valence-electron chi connectivity index (χ4n) is 4.01. The van der Waals surface area contributed by atoms with E-state index < -0.39 is 12.0 Å². The molecule has 8 heteroatoms. The SMILES string of the molecule is COC(=O)CC(NC(=O)CCc1nc2sc3c(c2c(=O)[nH]1)CCCC3)c1ccccc1. The number of carbonyl (C=O) groups is 2. The molecule has 1 aliphatic rings. The summed E-state index contributed by atoms with van der Waals surface area (Å²) in [4.78, 5) is 46.5. The van der Waals surface area contributed by atoms with Gasteiger partial charge in [0.25, 0.3) is 5.56 Å². The van der Waals surface area contributed by atoms with Crippen LogP contribution in [0.25, 0.3) is 10.2 Å². The zero-order valence-electron chi connectivity index (χ0n) is 17.4. The van der Waals surface area contributed by atoms with Crippen molar-refractivity contribution in [2.24, 2.45) is 0 Å². The van der Waals surface area contributed by atoms with Gasteiger partial charge in [0, 0.05) is 17.7 Å². The van der Waals surface area contributed by atoms with Crippen molar-refractivity contribution < 1.29 is 14.3 Å². The summed E-state index contributed by atoms with van der Waals surface area (Å²) in [6.07, 6.45) is 4.72. The Morgan fingerprint density at radius 1 is 1.23 bits per heavy atom. The maximum Gasteiger partial charge on any atom is 0.307 e. The lowest BCUT2D eigenvalue weighted by atomic mass is 9.97. The van der Waals surface area contributed by atoms with E-state index in [1.165, 1.54) is 12.0 Å². The second kappa shape index (κ2) is 9.43. The Balaban J connectivity index is 1.45. The largest absolute Gasteiger partial charge is 0.469 e. The van der Waals surface area contributed by atoms with E-state index in [9.17, 15) is 14.4 Å². The standard InChI is InChI=1S/C23H25N3O4S/c1-30-20(28)13-16(14-7-3-2-4-8-14)24-19(27)12-11-18-25-22(29)21-15-9-5-6-10-17(15)31-23(21)26-18/h2-4,7-8,16H,5-6,9-13H2,1H3,(H,24,27)(H,25,26,29). The number of thiophene rings is 1. The first kappa shape index (κ1) is 21.2. The molecule has 0 aliphatic heterocycles. The summed E-state index contributed by atoms with van der Waals surface area (Å²) < 4.78 is 4.76. The summed E-state index contributed by atoms with van der Waals surface area (Å²) in [5.74, 6) is -0.103. The quantitative estimate of drug-likeness (QED) is 0.551. The van der Waals surface area contributed by atoms with E-state index in [0.29, 0.717) is 12.2 Å². The molecule has 0 bridgehead atoms. The Bertz CT molecular complexity index is 1150. The number of methoxy groups -OCH3 is 1. The van der Waals surface area contributed by atoms with Gasteiger partial charge in [-0.1, -0.05) is 30.3 Å². The number of ether oxygens (including phenoxy) is 1. The molecule has 0 saturated heterocycles. The lowest BCUT2D eigenvalue weighted by Crippen LogP contribution is -2.30. The molecule has 1 amide bonds. The monoisotopic (exact) mass is 439 g/mol. The van der Waals surface area contributed by atoms with Crippen molar-refractivity contribution in [3.05, 3.63) is 62.5 Å². The smallest absolute Gasteiger partial charge is 0.307 e. The van der Waals surface area contributed by atoms with Gasteiger partial charge in [0.05, 0.1) is 25.0 Å². The van der Waals surface area contributed by atoms with Gasteiger partial charge in [-0.2, -0.15) is 0 Å². The van der Waals surface area contributed by atoms with Crippen LogP contribution in [0, 0.1) is 0 Å². The van der Waals surface area contributed by atoms with Crippen molar-refractivity contribution in [2.45, 2.75) is 51.0 Å². The molecule has 1 aliphatic carbocycles. The van der Waals surface area contributed by atoms with E-state index in [1.807, 2.05) is 30.3 Å². The van der Waals surface area contributed by atoms with Gasteiger partial charge in [0.15, 0.2) is 0 Å². The Kier molecular flexibility index (Phi) is 6.46. The van der Waals surface area contributed by atoms with Crippen LogP contribution in [0.4, 0.5) is 0 Å². The number of esters is 1. The number of nitrogens with one attached hydrogen (secondary N) is 2. The van der Waals surface area contributed by atoms with Gasteiger partial charge in [0.1, 0.15) is 10.7 Å². The van der Waals surface area contributed by atoms with E-state index in [1.54, 1.807) is 11.3 Å². The number of benzene rings is 1. The van der Waals surface area contributed by atoms with Crippen LogP contribution in [0.1, 0.15) is 53.6 Å². The van der Waals surface area contributed by atoms with E-state index in [-0.39, 0.29) is 24.3 Å². The number of hydrogen-bond donors (Lipinski definition) is 2. The van der Waals surface area contributed by atoms with Gasteiger partial charge in [-0.3, -0.25) is 14.4 Å². The number of H-pyrrole nitrogens is 1. The van der Waals surface area contributed by atoms with Crippen molar-refractivity contribution >= 4 is 33.4 Å². The highest BCUT2D eigenvalue weighted by Gasteiger charge is 2.21. The second-order valence-corrected chi connectivity index (χ2v) is 8.80. The fourth-order valence-corrected chi connectivity index (χ4v) is 5.29. The summed E-state index contributed by atoms with van der Waals surface area (Å²) in [6, 6.07) is 8.84. The highest BCUT2D eigenvalue weighted by molar-refractivity contribution is 7.18. The van der Waals surface area contributed by atoms with Crippen molar-refractivity contribution in [3.8, 4) is 0 Å². The van der Waals surface area contributed by atoms with Crippen molar-refractivity contribution in [3.63, 3.8) is 0 Å². The molecule has 3 aromatic rings. The number of amides is 1. The van der Waals surface area contributed by atoms with E-state index in [4.69, 9.17) is 4.74 Å². The summed E-state index contributed by atoms with van der Waals surface area (Å²) in [7, 11) is 1.33. The maximum absolute atomic E-state index is 12.7. The van der Waals surface area contributed by atoms with Crippen LogP contribution in [0.3, 0.4) is 0 Å². The van der Waals surface area contributed by atoms with Crippen LogP contribution < -0.4 is 10.9 Å². The molecule has 1 atom stereocenters. The molecule has 162 valence electrons. The molecular weight excluding hydrogens is 414 g/mol. The molecule has 2 aromatic heterocycles. The van der Waals surface area contributed by atoms with Crippen LogP contribution in [0.15, 0.2) is 35.1 Å². The Hall–Kier alpha value is -3.00. The third-order valence-electron chi connectivity index (χ3n) is 5.60. The molecule has 0 spiro atoms. The normalized spacial score (nSPS) is 14.1. The Labute approximate surface area is 183 Å². The van der Waals surface area contributed by atoms with E-state index in [0.717, 1.165) is 47.0 Å². The Morgan fingerprint density at radius 2 is 2.00 bits per heavy atom. The second-order valence-electron chi connectivity index (χ2n) is 7.71. The summed E-state index contributed by atoms with van der Waals surface area (Å²) in [6.45, 7) is 0. The van der Waals surface area contributed by atoms with Gasteiger partial charge < -0.3 is 15.0 Å². The number of aromatic nitrogens is 2. The summed E-state index contributed by atoms with van der Waals surface area (Å²) in [5, 5.41) is 3.62. The van der Waals surface area contributed by atoms with Crippen LogP contribution in [-0.2, 0) is 33.6 Å². The van der Waals surface area contributed by atoms with E-state index in [2.05, 4.69) is 15.3 Å². The maximum atomic E-state index is 12.7. The molecule has 0 radical (unpaired) electrons. The van der Waals surface area contributed by atoms with Crippen LogP contribution in [0.5, 0.6) is 0 Å². The number of carbonyl (C=O) groups excluding carboxylic acids is 2. The highest BCUT2D eigenvalue weighted by Crippen LogP contribution is 2.33.